The predicted molar refractivity (Wildman–Crippen MR) is 64.5 cm³/mol. The van der Waals surface area contributed by atoms with Crippen molar-refractivity contribution in [3.8, 4) is 0 Å². The fraction of sp³-hybridized carbons (Fsp3) is 0.867. The van der Waals surface area contributed by atoms with Crippen LogP contribution in [0.5, 0.6) is 0 Å². The highest BCUT2D eigenvalue weighted by Crippen LogP contribution is 2.77. The van der Waals surface area contributed by atoms with Crippen LogP contribution in [0.4, 0.5) is 0 Å². The second kappa shape index (κ2) is 2.90. The van der Waals surface area contributed by atoms with Crippen LogP contribution in [-0.2, 0) is 0 Å². The first-order chi connectivity index (χ1) is 7.09. The first-order valence-electron chi connectivity index (χ1n) is 6.75. The van der Waals surface area contributed by atoms with Gasteiger partial charge >= 0.3 is 0 Å². The van der Waals surface area contributed by atoms with E-state index < -0.39 is 0 Å². The van der Waals surface area contributed by atoms with Gasteiger partial charge in [-0.1, -0.05) is 32.4 Å². The average molecular weight is 204 g/mol. The molecule has 0 heteroatoms. The van der Waals surface area contributed by atoms with E-state index in [0.29, 0.717) is 0 Å². The molecule has 0 aliphatic heterocycles. The average Bonchev–Trinajstić information content (AvgIpc) is 2.75. The molecule has 15 heavy (non-hydrogen) atoms. The van der Waals surface area contributed by atoms with Crippen LogP contribution in [0, 0.1) is 35.0 Å². The zero-order valence-electron chi connectivity index (χ0n) is 10.6. The van der Waals surface area contributed by atoms with Crippen molar-refractivity contribution in [3.63, 3.8) is 0 Å². The lowest BCUT2D eigenvalue weighted by Gasteiger charge is -2.35. The third-order valence-electron chi connectivity index (χ3n) is 5.89. The quantitative estimate of drug-likeness (QED) is 0.559. The van der Waals surface area contributed by atoms with E-state index in [1.54, 1.807) is 5.57 Å². The Morgan fingerprint density at radius 3 is 2.73 bits per heavy atom. The van der Waals surface area contributed by atoms with Crippen molar-refractivity contribution in [1.29, 1.82) is 0 Å². The monoisotopic (exact) mass is 204 g/mol. The lowest BCUT2D eigenvalue weighted by Crippen LogP contribution is -2.27. The molecule has 3 aliphatic rings. The van der Waals surface area contributed by atoms with E-state index in [1.807, 2.05) is 0 Å². The maximum atomic E-state index is 2.53. The van der Waals surface area contributed by atoms with E-state index in [-0.39, 0.29) is 0 Å². The minimum atomic E-state index is 0.747. The summed E-state index contributed by atoms with van der Waals surface area (Å²) in [6.45, 7) is 9.75. The number of rotatable bonds is 1. The molecule has 1 spiro atoms. The molecule has 1 unspecified atom stereocenters. The van der Waals surface area contributed by atoms with Crippen LogP contribution in [0.2, 0.25) is 0 Å². The van der Waals surface area contributed by atoms with Crippen LogP contribution in [0.15, 0.2) is 11.6 Å². The minimum absolute atomic E-state index is 0.747. The Hall–Kier alpha value is -0.260. The smallest absolute Gasteiger partial charge is 0.0104 e. The summed E-state index contributed by atoms with van der Waals surface area (Å²) in [5.41, 5.74) is 2.47. The van der Waals surface area contributed by atoms with Gasteiger partial charge in [-0.25, -0.2) is 0 Å². The molecular formula is C15H24. The van der Waals surface area contributed by atoms with Gasteiger partial charge in [0.2, 0.25) is 0 Å². The molecule has 0 radical (unpaired) electrons. The van der Waals surface area contributed by atoms with Crippen LogP contribution in [0.3, 0.4) is 0 Å². The zero-order valence-corrected chi connectivity index (χ0v) is 10.6. The molecule has 0 nitrogen and oxygen atoms in total. The van der Waals surface area contributed by atoms with Crippen molar-refractivity contribution in [2.75, 3.05) is 0 Å². The van der Waals surface area contributed by atoms with Gasteiger partial charge in [-0.2, -0.15) is 0 Å². The van der Waals surface area contributed by atoms with Gasteiger partial charge in [0.25, 0.3) is 0 Å². The van der Waals surface area contributed by atoms with E-state index in [2.05, 4.69) is 33.8 Å². The summed E-state index contributed by atoms with van der Waals surface area (Å²) < 4.78 is 0. The lowest BCUT2D eigenvalue weighted by atomic mass is 9.70. The van der Waals surface area contributed by atoms with Crippen LogP contribution in [-0.4, -0.2) is 0 Å². The van der Waals surface area contributed by atoms with E-state index in [0.717, 1.165) is 35.0 Å². The largest absolute Gasteiger partial charge is 0.0847 e. The summed E-state index contributed by atoms with van der Waals surface area (Å²) in [6, 6.07) is 0. The summed E-state index contributed by atoms with van der Waals surface area (Å²) in [5.74, 6) is 4.96. The number of hydrogen-bond donors (Lipinski definition) is 0. The van der Waals surface area contributed by atoms with Crippen molar-refractivity contribution in [2.45, 2.75) is 47.0 Å². The van der Waals surface area contributed by atoms with Gasteiger partial charge in [0, 0.05) is 0 Å². The minimum Gasteiger partial charge on any atom is -0.0847 e. The van der Waals surface area contributed by atoms with E-state index >= 15 is 0 Å². The number of hydrogen-bond acceptors (Lipinski definition) is 0. The molecular weight excluding hydrogens is 180 g/mol. The van der Waals surface area contributed by atoms with Crippen molar-refractivity contribution in [1.82, 2.24) is 0 Å². The summed E-state index contributed by atoms with van der Waals surface area (Å²) in [7, 11) is 0. The molecule has 0 aromatic rings. The van der Waals surface area contributed by atoms with Crippen molar-refractivity contribution in [2.24, 2.45) is 35.0 Å². The predicted octanol–water partition coefficient (Wildman–Crippen LogP) is 4.27. The number of allylic oxidation sites excluding steroid dienone is 2. The van der Waals surface area contributed by atoms with Gasteiger partial charge in [0.15, 0.2) is 0 Å². The van der Waals surface area contributed by atoms with Gasteiger partial charge in [0.05, 0.1) is 0 Å². The SMILES string of the molecule is CC1=CC[C@]23C1[C@H]2[C@H](C(C)C)CC[C@H]3C. The third-order valence-corrected chi connectivity index (χ3v) is 5.89. The Labute approximate surface area is 94.1 Å². The first-order valence-corrected chi connectivity index (χ1v) is 6.75. The van der Waals surface area contributed by atoms with Gasteiger partial charge < -0.3 is 0 Å². The van der Waals surface area contributed by atoms with Gasteiger partial charge in [-0.15, -0.1) is 0 Å². The Kier molecular flexibility index (Phi) is 1.92. The summed E-state index contributed by atoms with van der Waals surface area (Å²) in [5, 5.41) is 0. The second-order valence-corrected chi connectivity index (χ2v) is 6.65. The normalized spacial score (nSPS) is 52.5. The Bertz CT molecular complexity index is 312. The highest BCUT2D eigenvalue weighted by molar-refractivity contribution is 5.35. The first kappa shape index (κ1) is 9.93. The molecule has 84 valence electrons. The molecule has 2 fully saturated rings. The molecule has 0 bridgehead atoms. The fourth-order valence-electron chi connectivity index (χ4n) is 5.05. The van der Waals surface area contributed by atoms with Crippen LogP contribution >= 0.6 is 0 Å². The molecule has 0 amide bonds. The van der Waals surface area contributed by atoms with E-state index in [4.69, 9.17) is 0 Å². The molecule has 3 rings (SSSR count). The van der Waals surface area contributed by atoms with Crippen molar-refractivity contribution in [3.05, 3.63) is 11.6 Å². The van der Waals surface area contributed by atoms with Crippen LogP contribution in [0.25, 0.3) is 0 Å². The maximum Gasteiger partial charge on any atom is -0.0104 e. The highest BCUT2D eigenvalue weighted by Gasteiger charge is 2.71. The van der Waals surface area contributed by atoms with Gasteiger partial charge in [-0.3, -0.25) is 0 Å². The molecule has 0 aromatic heterocycles. The van der Waals surface area contributed by atoms with Crippen LogP contribution < -0.4 is 0 Å². The number of fused-ring (bicyclic) bond motifs is 1. The van der Waals surface area contributed by atoms with Crippen molar-refractivity contribution < 1.29 is 0 Å². The van der Waals surface area contributed by atoms with E-state index in [1.165, 1.54) is 19.3 Å². The third kappa shape index (κ3) is 1.04. The topological polar surface area (TPSA) is 0 Å². The Morgan fingerprint density at radius 1 is 1.33 bits per heavy atom. The van der Waals surface area contributed by atoms with Gasteiger partial charge in [0.1, 0.15) is 0 Å². The van der Waals surface area contributed by atoms with Crippen molar-refractivity contribution >= 4 is 0 Å². The lowest BCUT2D eigenvalue weighted by molar-refractivity contribution is 0.149. The molecule has 0 aromatic carbocycles. The van der Waals surface area contributed by atoms with Gasteiger partial charge in [-0.05, 0) is 61.2 Å². The highest BCUT2D eigenvalue weighted by atomic mass is 14.8. The fourth-order valence-corrected chi connectivity index (χ4v) is 5.05. The molecule has 2 saturated carbocycles. The molecule has 0 N–H and O–H groups in total. The Morgan fingerprint density at radius 2 is 2.07 bits per heavy atom. The summed E-state index contributed by atoms with van der Waals surface area (Å²) in [6.07, 6.45) is 6.91. The maximum absolute atomic E-state index is 2.53. The zero-order chi connectivity index (χ0) is 10.8. The van der Waals surface area contributed by atoms with E-state index in [9.17, 15) is 0 Å². The summed E-state index contributed by atoms with van der Waals surface area (Å²) in [4.78, 5) is 0. The molecule has 5 atom stereocenters. The standard InChI is InChI=1S/C15H24/c1-9(2)12-6-5-11(4)15-8-7-10(3)13(15)14(12)15/h7,9,11-14H,5-6,8H2,1-4H3/t11-,12+,13?,14-,15+/m1/s1. The Balaban J connectivity index is 1.91. The second-order valence-electron chi connectivity index (χ2n) is 6.65. The molecule has 0 heterocycles. The van der Waals surface area contributed by atoms with Crippen LogP contribution in [0.1, 0.15) is 47.0 Å². The molecule has 3 aliphatic carbocycles. The summed E-state index contributed by atoms with van der Waals surface area (Å²) >= 11 is 0. The molecule has 0 saturated heterocycles.